The second-order valence-electron chi connectivity index (χ2n) is 4.17. The van der Waals surface area contributed by atoms with E-state index in [1.807, 2.05) is 0 Å². The smallest absolute Gasteiger partial charge is 0.244 e. The summed E-state index contributed by atoms with van der Waals surface area (Å²) in [5.41, 5.74) is 5.84. The average molecular weight is 265 g/mol. The van der Waals surface area contributed by atoms with Gasteiger partial charge in [-0.05, 0) is 18.9 Å². The lowest BCUT2D eigenvalue weighted by atomic mass is 10.3. The first-order valence-electron chi connectivity index (χ1n) is 5.67. The molecule has 2 N–H and O–H groups in total. The lowest BCUT2D eigenvalue weighted by Gasteiger charge is -2.15. The molecule has 2 rings (SSSR count). The molecule has 1 aromatic heterocycles. The van der Waals surface area contributed by atoms with Gasteiger partial charge in [0.15, 0.2) is 0 Å². The lowest BCUT2D eigenvalue weighted by molar-refractivity contribution is 0.464. The van der Waals surface area contributed by atoms with Gasteiger partial charge in [-0.2, -0.15) is 4.31 Å². The highest BCUT2D eigenvalue weighted by molar-refractivity contribution is 7.89. The minimum Gasteiger partial charge on any atom is -0.320 e. The van der Waals surface area contributed by atoms with Crippen LogP contribution in [-0.4, -0.2) is 37.3 Å². The van der Waals surface area contributed by atoms with E-state index < -0.39 is 10.0 Å². The second-order valence-corrected chi connectivity index (χ2v) is 6.17. The van der Waals surface area contributed by atoms with Crippen molar-refractivity contribution in [1.82, 2.24) is 9.29 Å². The predicted molar refractivity (Wildman–Crippen MR) is 68.1 cm³/mol. The molecule has 1 aliphatic carbocycles. The van der Waals surface area contributed by atoms with Crippen LogP contribution in [0.5, 0.6) is 0 Å². The van der Waals surface area contributed by atoms with Gasteiger partial charge in [-0.25, -0.2) is 8.42 Å². The maximum absolute atomic E-state index is 12.3. The van der Waals surface area contributed by atoms with Crippen LogP contribution in [0.1, 0.15) is 18.4 Å². The summed E-state index contributed by atoms with van der Waals surface area (Å²) in [7, 11) is -1.85. The molecule has 1 heterocycles. The Balaban J connectivity index is 2.32. The first-order chi connectivity index (χ1) is 8.55. The maximum atomic E-state index is 12.3. The van der Waals surface area contributed by atoms with Crippen molar-refractivity contribution in [2.24, 2.45) is 5.73 Å². The molecule has 1 fully saturated rings. The Bertz CT molecular complexity index is 597. The van der Waals surface area contributed by atoms with Crippen molar-refractivity contribution >= 4 is 10.0 Å². The number of pyridine rings is 1. The van der Waals surface area contributed by atoms with Crippen molar-refractivity contribution in [3.8, 4) is 11.8 Å². The van der Waals surface area contributed by atoms with Gasteiger partial charge in [-0.3, -0.25) is 4.98 Å². The molecule has 1 aliphatic rings. The number of sulfonamides is 1. The summed E-state index contributed by atoms with van der Waals surface area (Å²) in [4.78, 5) is 4.10. The summed E-state index contributed by atoms with van der Waals surface area (Å²) in [5, 5.41) is 0. The van der Waals surface area contributed by atoms with Crippen molar-refractivity contribution in [3.05, 3.63) is 24.0 Å². The van der Waals surface area contributed by atoms with Crippen LogP contribution >= 0.6 is 0 Å². The third-order valence-corrected chi connectivity index (χ3v) is 4.66. The molecule has 0 bridgehead atoms. The summed E-state index contributed by atoms with van der Waals surface area (Å²) >= 11 is 0. The topological polar surface area (TPSA) is 76.3 Å². The van der Waals surface area contributed by atoms with Crippen LogP contribution < -0.4 is 5.73 Å². The van der Waals surface area contributed by atoms with Crippen molar-refractivity contribution in [2.75, 3.05) is 13.6 Å². The molecule has 6 heteroatoms. The Hall–Kier alpha value is -1.42. The standard InChI is InChI=1S/C12H15N3O2S/c1-15(11-4-5-11)18(16,17)12-7-10(3-2-6-13)8-14-9-12/h7-9,11H,4-6,13H2,1H3. The molecule has 0 saturated heterocycles. The van der Waals surface area contributed by atoms with Gasteiger partial charge in [0, 0.05) is 31.0 Å². The molecule has 0 atom stereocenters. The van der Waals surface area contributed by atoms with Crippen molar-refractivity contribution in [2.45, 2.75) is 23.8 Å². The third kappa shape index (κ3) is 2.70. The minimum absolute atomic E-state index is 0.133. The van der Waals surface area contributed by atoms with Crippen molar-refractivity contribution in [3.63, 3.8) is 0 Å². The van der Waals surface area contributed by atoms with Crippen molar-refractivity contribution < 1.29 is 8.42 Å². The van der Waals surface area contributed by atoms with E-state index in [0.29, 0.717) is 5.56 Å². The summed E-state index contributed by atoms with van der Waals surface area (Å²) in [6.07, 6.45) is 4.73. The number of rotatable bonds is 3. The molecule has 0 radical (unpaired) electrons. The highest BCUT2D eigenvalue weighted by atomic mass is 32.2. The number of hydrogen-bond acceptors (Lipinski definition) is 4. The van der Waals surface area contributed by atoms with Crippen LogP contribution in [0.2, 0.25) is 0 Å². The van der Waals surface area contributed by atoms with E-state index in [-0.39, 0.29) is 17.5 Å². The Morgan fingerprint density at radius 1 is 1.50 bits per heavy atom. The zero-order chi connectivity index (χ0) is 13.2. The van der Waals surface area contributed by atoms with Gasteiger partial charge in [0.1, 0.15) is 4.90 Å². The van der Waals surface area contributed by atoms with E-state index in [2.05, 4.69) is 16.8 Å². The molecule has 96 valence electrons. The Morgan fingerprint density at radius 2 is 2.22 bits per heavy atom. The molecule has 0 unspecified atom stereocenters. The molecular formula is C12H15N3O2S. The SMILES string of the molecule is CN(C1CC1)S(=O)(=O)c1cncc(C#CCN)c1. The second kappa shape index (κ2) is 5.06. The predicted octanol–water partition coefficient (Wildman–Crippen LogP) is 0.175. The van der Waals surface area contributed by atoms with Crippen LogP contribution in [0.25, 0.3) is 0 Å². The van der Waals surface area contributed by atoms with Gasteiger partial charge >= 0.3 is 0 Å². The number of nitrogens with zero attached hydrogens (tertiary/aromatic N) is 2. The number of aromatic nitrogens is 1. The summed E-state index contributed by atoms with van der Waals surface area (Å²) in [5.74, 6) is 5.46. The van der Waals surface area contributed by atoms with Gasteiger partial charge in [0.05, 0.1) is 6.54 Å². The Labute approximate surface area is 107 Å². The van der Waals surface area contributed by atoms with Crippen molar-refractivity contribution in [1.29, 1.82) is 0 Å². The normalized spacial score (nSPS) is 15.3. The quantitative estimate of drug-likeness (QED) is 0.791. The molecule has 5 nitrogen and oxygen atoms in total. The number of hydrogen-bond donors (Lipinski definition) is 1. The highest BCUT2D eigenvalue weighted by Crippen LogP contribution is 2.30. The van der Waals surface area contributed by atoms with E-state index in [9.17, 15) is 8.42 Å². The fraction of sp³-hybridized carbons (Fsp3) is 0.417. The molecule has 0 spiro atoms. The van der Waals surface area contributed by atoms with E-state index in [1.54, 1.807) is 7.05 Å². The first kappa shape index (κ1) is 13.0. The zero-order valence-electron chi connectivity index (χ0n) is 10.1. The first-order valence-corrected chi connectivity index (χ1v) is 7.11. The molecule has 1 saturated carbocycles. The van der Waals surface area contributed by atoms with Gasteiger partial charge < -0.3 is 5.73 Å². The molecule has 0 amide bonds. The summed E-state index contributed by atoms with van der Waals surface area (Å²) < 4.78 is 25.9. The van der Waals surface area contributed by atoms with Crippen LogP contribution in [0.3, 0.4) is 0 Å². The van der Waals surface area contributed by atoms with Crippen LogP contribution in [-0.2, 0) is 10.0 Å². The average Bonchev–Trinajstić information content (AvgIpc) is 3.20. The van der Waals surface area contributed by atoms with Gasteiger partial charge in [0.25, 0.3) is 0 Å². The van der Waals surface area contributed by atoms with E-state index in [1.165, 1.54) is 22.8 Å². The van der Waals surface area contributed by atoms with Gasteiger partial charge in [-0.15, -0.1) is 0 Å². The largest absolute Gasteiger partial charge is 0.320 e. The molecule has 0 aliphatic heterocycles. The third-order valence-electron chi connectivity index (χ3n) is 2.79. The molecular weight excluding hydrogens is 250 g/mol. The van der Waals surface area contributed by atoms with E-state index >= 15 is 0 Å². The van der Waals surface area contributed by atoms with Gasteiger partial charge in [-0.1, -0.05) is 11.8 Å². The van der Waals surface area contributed by atoms with E-state index in [4.69, 9.17) is 5.73 Å². The summed E-state index contributed by atoms with van der Waals surface area (Å²) in [6, 6.07) is 1.66. The zero-order valence-corrected chi connectivity index (χ0v) is 10.9. The molecule has 0 aromatic carbocycles. The van der Waals surface area contributed by atoms with Crippen LogP contribution in [0, 0.1) is 11.8 Å². The lowest BCUT2D eigenvalue weighted by Crippen LogP contribution is -2.29. The summed E-state index contributed by atoms with van der Waals surface area (Å²) in [6.45, 7) is 0.235. The highest BCUT2D eigenvalue weighted by Gasteiger charge is 2.35. The Kier molecular flexibility index (Phi) is 3.66. The fourth-order valence-electron chi connectivity index (χ4n) is 1.58. The van der Waals surface area contributed by atoms with Crippen LogP contribution in [0.15, 0.2) is 23.4 Å². The maximum Gasteiger partial charge on any atom is 0.244 e. The molecule has 18 heavy (non-hydrogen) atoms. The minimum atomic E-state index is -3.45. The Morgan fingerprint density at radius 3 is 2.83 bits per heavy atom. The van der Waals surface area contributed by atoms with Crippen LogP contribution in [0.4, 0.5) is 0 Å². The number of nitrogens with two attached hydrogens (primary N) is 1. The monoisotopic (exact) mass is 265 g/mol. The molecule has 1 aromatic rings. The van der Waals surface area contributed by atoms with E-state index in [0.717, 1.165) is 12.8 Å². The van der Waals surface area contributed by atoms with Gasteiger partial charge in [0.2, 0.25) is 10.0 Å². The fourth-order valence-corrected chi connectivity index (χ4v) is 2.99.